The van der Waals surface area contributed by atoms with Crippen LogP contribution in [0.25, 0.3) is 0 Å². The summed E-state index contributed by atoms with van der Waals surface area (Å²) in [6, 6.07) is 7.00. The Morgan fingerprint density at radius 1 is 1.06 bits per heavy atom. The van der Waals surface area contributed by atoms with Gasteiger partial charge in [0.1, 0.15) is 5.82 Å². The van der Waals surface area contributed by atoms with Crippen LogP contribution >= 0.6 is 11.6 Å². The molecule has 1 aromatic rings. The highest BCUT2D eigenvalue weighted by Crippen LogP contribution is 2.29. The van der Waals surface area contributed by atoms with Gasteiger partial charge in [-0.2, -0.15) is 0 Å². The van der Waals surface area contributed by atoms with E-state index in [0.717, 1.165) is 5.56 Å². The fourth-order valence-electron chi connectivity index (χ4n) is 2.89. The van der Waals surface area contributed by atoms with E-state index in [2.05, 4.69) is 0 Å². The average Bonchev–Trinajstić information content (AvgIpc) is 2.31. The van der Waals surface area contributed by atoms with Crippen LogP contribution in [0.3, 0.4) is 0 Å². The number of rotatable bonds is 3. The molecule has 1 aromatic carbocycles. The molecule has 2 rings (SSSR count). The number of hydrogen-bond donors (Lipinski definition) is 0. The lowest BCUT2D eigenvalue weighted by Crippen LogP contribution is -2.19. The summed E-state index contributed by atoms with van der Waals surface area (Å²) in [6.45, 7) is 0. The van der Waals surface area contributed by atoms with Crippen molar-refractivity contribution in [3.8, 4) is 0 Å². The molecule has 0 nitrogen and oxygen atoms in total. The summed E-state index contributed by atoms with van der Waals surface area (Å²) in [5, 5.41) is 0.0833. The summed E-state index contributed by atoms with van der Waals surface area (Å²) < 4.78 is 13.6. The average molecular weight is 269 g/mol. The maximum atomic E-state index is 13.6. The first kappa shape index (κ1) is 13.9. The molecule has 1 fully saturated rings. The van der Waals surface area contributed by atoms with Crippen LogP contribution in [-0.4, -0.2) is 5.38 Å². The first-order chi connectivity index (χ1) is 8.77. The highest BCUT2D eigenvalue weighted by atomic mass is 35.5. The molecule has 1 aliphatic carbocycles. The summed E-state index contributed by atoms with van der Waals surface area (Å²) in [5.74, 6) is 0.445. The van der Waals surface area contributed by atoms with Crippen molar-refractivity contribution in [1.29, 1.82) is 0 Å². The second-order valence-corrected chi connectivity index (χ2v) is 5.98. The van der Waals surface area contributed by atoms with Gasteiger partial charge in [0.15, 0.2) is 0 Å². The molecule has 1 aliphatic rings. The van der Waals surface area contributed by atoms with Crippen LogP contribution in [0.5, 0.6) is 0 Å². The summed E-state index contributed by atoms with van der Waals surface area (Å²) in [7, 11) is 0. The molecule has 0 heterocycles. The molecule has 0 amide bonds. The predicted octanol–water partition coefficient (Wildman–Crippen LogP) is 5.34. The zero-order valence-electron chi connectivity index (χ0n) is 10.9. The Hall–Kier alpha value is -0.560. The van der Waals surface area contributed by atoms with Crippen molar-refractivity contribution in [2.24, 2.45) is 5.92 Å². The van der Waals surface area contributed by atoms with E-state index in [-0.39, 0.29) is 11.2 Å². The van der Waals surface area contributed by atoms with Crippen molar-refractivity contribution in [3.63, 3.8) is 0 Å². The van der Waals surface area contributed by atoms with Gasteiger partial charge in [0.25, 0.3) is 0 Å². The van der Waals surface area contributed by atoms with Gasteiger partial charge in [-0.15, -0.1) is 11.6 Å². The summed E-state index contributed by atoms with van der Waals surface area (Å²) in [4.78, 5) is 0. The molecule has 1 unspecified atom stereocenters. The standard InChI is InChI=1S/C16H22ClF/c17-15(12-14-10-6-7-11-16(14)18)13-8-4-2-1-3-5-9-13/h6-7,10-11,13,15H,1-5,8-9,12H2. The Balaban J connectivity index is 1.93. The molecule has 1 saturated carbocycles. The molecule has 100 valence electrons. The molecule has 0 aliphatic heterocycles. The SMILES string of the molecule is Fc1ccccc1CC(Cl)C1CCCCCCC1. The molecular formula is C16H22ClF. The maximum Gasteiger partial charge on any atom is 0.126 e. The first-order valence-electron chi connectivity index (χ1n) is 7.15. The van der Waals surface area contributed by atoms with Crippen LogP contribution in [0.2, 0.25) is 0 Å². The molecule has 0 aromatic heterocycles. The Labute approximate surface area is 115 Å². The lowest BCUT2D eigenvalue weighted by atomic mass is 9.86. The van der Waals surface area contributed by atoms with Gasteiger partial charge in [-0.3, -0.25) is 0 Å². The minimum absolute atomic E-state index is 0.0833. The lowest BCUT2D eigenvalue weighted by Gasteiger charge is -2.24. The topological polar surface area (TPSA) is 0 Å². The Morgan fingerprint density at radius 2 is 1.67 bits per heavy atom. The van der Waals surface area contributed by atoms with Gasteiger partial charge in [0.2, 0.25) is 0 Å². The minimum Gasteiger partial charge on any atom is -0.207 e. The largest absolute Gasteiger partial charge is 0.207 e. The smallest absolute Gasteiger partial charge is 0.126 e. The van der Waals surface area contributed by atoms with Crippen LogP contribution < -0.4 is 0 Å². The minimum atomic E-state index is -0.117. The number of hydrogen-bond acceptors (Lipinski definition) is 0. The Bertz CT molecular complexity index is 356. The van der Waals surface area contributed by atoms with Gasteiger partial charge >= 0.3 is 0 Å². The van der Waals surface area contributed by atoms with Crippen LogP contribution in [0.1, 0.15) is 50.5 Å². The second-order valence-electron chi connectivity index (χ2n) is 5.42. The molecule has 1 atom stereocenters. The van der Waals surface area contributed by atoms with E-state index in [1.54, 1.807) is 6.07 Å². The monoisotopic (exact) mass is 268 g/mol. The van der Waals surface area contributed by atoms with Crippen molar-refractivity contribution < 1.29 is 4.39 Å². The van der Waals surface area contributed by atoms with Crippen LogP contribution in [-0.2, 0) is 6.42 Å². The Morgan fingerprint density at radius 3 is 2.33 bits per heavy atom. The molecule has 0 spiro atoms. The van der Waals surface area contributed by atoms with E-state index in [1.165, 1.54) is 51.0 Å². The van der Waals surface area contributed by atoms with Crippen LogP contribution in [0, 0.1) is 11.7 Å². The van der Waals surface area contributed by atoms with Gasteiger partial charge < -0.3 is 0 Å². The summed E-state index contributed by atoms with van der Waals surface area (Å²) >= 11 is 6.53. The van der Waals surface area contributed by atoms with E-state index in [1.807, 2.05) is 12.1 Å². The number of alkyl halides is 1. The van der Waals surface area contributed by atoms with Crippen LogP contribution in [0.15, 0.2) is 24.3 Å². The van der Waals surface area contributed by atoms with E-state index in [9.17, 15) is 4.39 Å². The molecular weight excluding hydrogens is 247 g/mol. The summed E-state index contributed by atoms with van der Waals surface area (Å²) in [6.07, 6.45) is 9.69. The zero-order chi connectivity index (χ0) is 12.8. The van der Waals surface area contributed by atoms with Crippen LogP contribution in [0.4, 0.5) is 4.39 Å². The van der Waals surface area contributed by atoms with Crippen molar-refractivity contribution in [2.45, 2.75) is 56.7 Å². The second kappa shape index (κ2) is 7.13. The van der Waals surface area contributed by atoms with E-state index < -0.39 is 0 Å². The van der Waals surface area contributed by atoms with Gasteiger partial charge in [-0.1, -0.05) is 50.3 Å². The molecule has 0 saturated heterocycles. The highest BCUT2D eigenvalue weighted by Gasteiger charge is 2.21. The maximum absolute atomic E-state index is 13.6. The van der Waals surface area contributed by atoms with Gasteiger partial charge in [0.05, 0.1) is 0 Å². The first-order valence-corrected chi connectivity index (χ1v) is 7.58. The van der Waals surface area contributed by atoms with E-state index >= 15 is 0 Å². The fraction of sp³-hybridized carbons (Fsp3) is 0.625. The molecule has 0 radical (unpaired) electrons. The third-order valence-electron chi connectivity index (χ3n) is 4.03. The quantitative estimate of drug-likeness (QED) is 0.650. The Kier molecular flexibility index (Phi) is 5.49. The third kappa shape index (κ3) is 3.98. The highest BCUT2D eigenvalue weighted by molar-refractivity contribution is 6.20. The van der Waals surface area contributed by atoms with Crippen molar-refractivity contribution in [3.05, 3.63) is 35.6 Å². The third-order valence-corrected chi connectivity index (χ3v) is 4.54. The zero-order valence-corrected chi connectivity index (χ0v) is 11.6. The van der Waals surface area contributed by atoms with E-state index in [0.29, 0.717) is 12.3 Å². The number of halogens is 2. The number of benzene rings is 1. The van der Waals surface area contributed by atoms with Gasteiger partial charge in [-0.25, -0.2) is 4.39 Å². The molecule has 18 heavy (non-hydrogen) atoms. The van der Waals surface area contributed by atoms with Gasteiger partial charge in [0, 0.05) is 5.38 Å². The lowest BCUT2D eigenvalue weighted by molar-refractivity contribution is 0.362. The fourth-order valence-corrected chi connectivity index (χ4v) is 3.31. The molecule has 2 heteroatoms. The van der Waals surface area contributed by atoms with Gasteiger partial charge in [-0.05, 0) is 36.8 Å². The normalized spacial score (nSPS) is 20.1. The van der Waals surface area contributed by atoms with Crippen molar-refractivity contribution in [1.82, 2.24) is 0 Å². The van der Waals surface area contributed by atoms with E-state index in [4.69, 9.17) is 11.6 Å². The molecule has 0 bridgehead atoms. The predicted molar refractivity (Wildman–Crippen MR) is 75.6 cm³/mol. The summed E-state index contributed by atoms with van der Waals surface area (Å²) in [5.41, 5.74) is 0.763. The van der Waals surface area contributed by atoms with Crippen molar-refractivity contribution >= 4 is 11.6 Å². The molecule has 0 N–H and O–H groups in total. The van der Waals surface area contributed by atoms with Crippen molar-refractivity contribution in [2.75, 3.05) is 0 Å².